The Bertz CT molecular complexity index is 917. The molecule has 0 spiro atoms. The predicted octanol–water partition coefficient (Wildman–Crippen LogP) is 2.76. The van der Waals surface area contributed by atoms with E-state index in [-0.39, 0.29) is 17.9 Å². The number of terminal acetylenes is 1. The van der Waals surface area contributed by atoms with Crippen LogP contribution in [0, 0.1) is 12.3 Å². The lowest BCUT2D eigenvalue weighted by molar-refractivity contribution is -0.116. The molecule has 0 aliphatic carbocycles. The van der Waals surface area contributed by atoms with Crippen molar-refractivity contribution in [2.45, 2.75) is 30.8 Å². The second-order valence-corrected chi connectivity index (χ2v) is 6.78. The fraction of sp³-hybridized carbons (Fsp3) is 0.316. The molecule has 0 radical (unpaired) electrons. The molecular formula is C19H19N3O3S. The van der Waals surface area contributed by atoms with Crippen molar-refractivity contribution >= 4 is 23.5 Å². The highest BCUT2D eigenvalue weighted by Gasteiger charge is 2.32. The SMILES string of the molecule is C#CCSc1nc2c(c(=O)[nH]1)[C@H](c1ccccc1OCCC)CC(=O)N2. The lowest BCUT2D eigenvalue weighted by Crippen LogP contribution is -2.31. The number of hydrogen-bond acceptors (Lipinski definition) is 5. The highest BCUT2D eigenvalue weighted by molar-refractivity contribution is 7.99. The highest BCUT2D eigenvalue weighted by Crippen LogP contribution is 2.38. The first-order valence-corrected chi connectivity index (χ1v) is 9.34. The molecule has 0 saturated carbocycles. The number of rotatable bonds is 6. The minimum Gasteiger partial charge on any atom is -0.493 e. The van der Waals surface area contributed by atoms with E-state index in [1.54, 1.807) is 0 Å². The second kappa shape index (κ2) is 8.11. The van der Waals surface area contributed by atoms with Gasteiger partial charge in [-0.2, -0.15) is 0 Å². The Morgan fingerprint density at radius 1 is 1.38 bits per heavy atom. The van der Waals surface area contributed by atoms with Gasteiger partial charge in [-0.3, -0.25) is 9.59 Å². The predicted molar refractivity (Wildman–Crippen MR) is 102 cm³/mol. The van der Waals surface area contributed by atoms with Crippen molar-refractivity contribution in [2.75, 3.05) is 17.7 Å². The number of H-pyrrole nitrogens is 1. The monoisotopic (exact) mass is 369 g/mol. The third-order valence-corrected chi connectivity index (χ3v) is 4.76. The van der Waals surface area contributed by atoms with Gasteiger partial charge in [-0.1, -0.05) is 42.8 Å². The quantitative estimate of drug-likeness (QED) is 0.465. The number of carbonyl (C=O) groups excluding carboxylic acids is 1. The molecule has 0 bridgehead atoms. The number of aromatic nitrogens is 2. The van der Waals surface area contributed by atoms with Crippen LogP contribution in [0.3, 0.4) is 0 Å². The van der Waals surface area contributed by atoms with Crippen LogP contribution < -0.4 is 15.6 Å². The zero-order chi connectivity index (χ0) is 18.5. The molecule has 26 heavy (non-hydrogen) atoms. The summed E-state index contributed by atoms with van der Waals surface area (Å²) < 4.78 is 5.82. The molecule has 1 aliphatic heterocycles. The Morgan fingerprint density at radius 3 is 2.96 bits per heavy atom. The summed E-state index contributed by atoms with van der Waals surface area (Å²) in [5, 5.41) is 3.10. The summed E-state index contributed by atoms with van der Waals surface area (Å²) in [5.41, 5.74) is 0.986. The fourth-order valence-corrected chi connectivity index (χ4v) is 3.45. The molecule has 3 rings (SSSR count). The van der Waals surface area contributed by atoms with E-state index in [1.807, 2.05) is 31.2 Å². The van der Waals surface area contributed by atoms with Gasteiger partial charge in [0.15, 0.2) is 5.16 Å². The lowest BCUT2D eigenvalue weighted by atomic mass is 9.86. The van der Waals surface area contributed by atoms with E-state index < -0.39 is 5.92 Å². The number of amides is 1. The van der Waals surface area contributed by atoms with Crippen LogP contribution in [0.1, 0.15) is 36.8 Å². The zero-order valence-electron chi connectivity index (χ0n) is 14.4. The van der Waals surface area contributed by atoms with Crippen molar-refractivity contribution in [3.63, 3.8) is 0 Å². The van der Waals surface area contributed by atoms with Crippen molar-refractivity contribution in [1.29, 1.82) is 0 Å². The van der Waals surface area contributed by atoms with Crippen molar-refractivity contribution in [3.8, 4) is 18.1 Å². The standard InChI is InChI=1S/C19H19N3O3S/c1-3-9-25-14-8-6-5-7-12(14)13-11-15(23)20-17-16(13)18(24)22-19(21-17)26-10-4-2/h2,5-8,13H,3,9-11H2,1H3,(H2,20,21,22,23,24)/t13-/m0/s1. The molecule has 2 heterocycles. The first-order valence-electron chi connectivity index (χ1n) is 8.36. The molecule has 0 unspecified atom stereocenters. The molecule has 1 atom stereocenters. The summed E-state index contributed by atoms with van der Waals surface area (Å²) in [7, 11) is 0. The van der Waals surface area contributed by atoms with E-state index in [9.17, 15) is 9.59 Å². The minimum absolute atomic E-state index is 0.168. The van der Waals surface area contributed by atoms with Gasteiger partial charge in [0.2, 0.25) is 5.91 Å². The van der Waals surface area contributed by atoms with Crippen molar-refractivity contribution < 1.29 is 9.53 Å². The molecular weight excluding hydrogens is 350 g/mol. The Morgan fingerprint density at radius 2 is 2.19 bits per heavy atom. The van der Waals surface area contributed by atoms with Gasteiger partial charge >= 0.3 is 0 Å². The van der Waals surface area contributed by atoms with Crippen LogP contribution in [0.5, 0.6) is 5.75 Å². The van der Waals surface area contributed by atoms with E-state index in [0.29, 0.717) is 34.6 Å². The average molecular weight is 369 g/mol. The van der Waals surface area contributed by atoms with E-state index in [1.165, 1.54) is 11.8 Å². The Kier molecular flexibility index (Phi) is 5.64. The lowest BCUT2D eigenvalue weighted by Gasteiger charge is -2.26. The zero-order valence-corrected chi connectivity index (χ0v) is 15.2. The van der Waals surface area contributed by atoms with Crippen LogP contribution in [0.25, 0.3) is 0 Å². The Hall–Kier alpha value is -2.72. The number of fused-ring (bicyclic) bond motifs is 1. The summed E-state index contributed by atoms with van der Waals surface area (Å²) in [6.07, 6.45) is 6.29. The topological polar surface area (TPSA) is 84.1 Å². The van der Waals surface area contributed by atoms with Gasteiger partial charge in [0.25, 0.3) is 5.56 Å². The van der Waals surface area contributed by atoms with Crippen LogP contribution in [-0.2, 0) is 4.79 Å². The maximum atomic E-state index is 12.7. The summed E-state index contributed by atoms with van der Waals surface area (Å²) in [4.78, 5) is 32.1. The summed E-state index contributed by atoms with van der Waals surface area (Å²) in [5.74, 6) is 3.25. The highest BCUT2D eigenvalue weighted by atomic mass is 32.2. The van der Waals surface area contributed by atoms with E-state index in [4.69, 9.17) is 11.2 Å². The number of nitrogens with zero attached hydrogens (tertiary/aromatic N) is 1. The van der Waals surface area contributed by atoms with Gasteiger partial charge in [0.1, 0.15) is 11.6 Å². The molecule has 1 aromatic carbocycles. The van der Waals surface area contributed by atoms with Crippen molar-refractivity contribution in [3.05, 3.63) is 45.7 Å². The largest absolute Gasteiger partial charge is 0.493 e. The number of nitrogens with one attached hydrogen (secondary N) is 2. The molecule has 1 amide bonds. The molecule has 2 N–H and O–H groups in total. The van der Waals surface area contributed by atoms with Gasteiger partial charge in [0, 0.05) is 17.9 Å². The van der Waals surface area contributed by atoms with Crippen LogP contribution >= 0.6 is 11.8 Å². The molecule has 1 aromatic heterocycles. The molecule has 6 nitrogen and oxygen atoms in total. The third-order valence-electron chi connectivity index (χ3n) is 3.98. The van der Waals surface area contributed by atoms with E-state index in [2.05, 4.69) is 21.2 Å². The third kappa shape index (κ3) is 3.75. The number of benzene rings is 1. The fourth-order valence-electron chi connectivity index (χ4n) is 2.91. The summed E-state index contributed by atoms with van der Waals surface area (Å²) in [6.45, 7) is 2.59. The molecule has 1 aliphatic rings. The molecule has 0 saturated heterocycles. The number of anilines is 1. The van der Waals surface area contributed by atoms with Crippen molar-refractivity contribution in [1.82, 2.24) is 9.97 Å². The van der Waals surface area contributed by atoms with Crippen LogP contribution in [0.4, 0.5) is 5.82 Å². The minimum atomic E-state index is -0.408. The summed E-state index contributed by atoms with van der Waals surface area (Å²) in [6, 6.07) is 7.49. The smallest absolute Gasteiger partial charge is 0.257 e. The number of carbonyl (C=O) groups is 1. The molecule has 134 valence electrons. The first-order chi connectivity index (χ1) is 12.6. The molecule has 0 fully saturated rings. The van der Waals surface area contributed by atoms with Gasteiger partial charge < -0.3 is 15.0 Å². The maximum absolute atomic E-state index is 12.7. The van der Waals surface area contributed by atoms with E-state index >= 15 is 0 Å². The Balaban J connectivity index is 2.06. The average Bonchev–Trinajstić information content (AvgIpc) is 2.64. The van der Waals surface area contributed by atoms with Gasteiger partial charge in [-0.05, 0) is 12.5 Å². The van der Waals surface area contributed by atoms with Crippen LogP contribution in [-0.4, -0.2) is 28.2 Å². The number of aromatic amines is 1. The maximum Gasteiger partial charge on any atom is 0.257 e. The number of para-hydroxylation sites is 1. The normalized spacial score (nSPS) is 15.7. The summed E-state index contributed by atoms with van der Waals surface area (Å²) >= 11 is 1.24. The van der Waals surface area contributed by atoms with E-state index in [0.717, 1.165) is 12.0 Å². The van der Waals surface area contributed by atoms with Gasteiger partial charge in [-0.15, -0.1) is 6.42 Å². The molecule has 7 heteroatoms. The number of ether oxygens (including phenoxy) is 1. The van der Waals surface area contributed by atoms with Crippen LogP contribution in [0.2, 0.25) is 0 Å². The van der Waals surface area contributed by atoms with Gasteiger partial charge in [-0.25, -0.2) is 4.98 Å². The van der Waals surface area contributed by atoms with Gasteiger partial charge in [0.05, 0.1) is 17.9 Å². The first kappa shape index (κ1) is 18.1. The van der Waals surface area contributed by atoms with Crippen molar-refractivity contribution in [2.24, 2.45) is 0 Å². The Labute approximate surface area is 155 Å². The van der Waals surface area contributed by atoms with Crippen LogP contribution in [0.15, 0.2) is 34.2 Å². The number of hydrogen-bond donors (Lipinski definition) is 2. The molecule has 2 aromatic rings. The second-order valence-electron chi connectivity index (χ2n) is 5.82. The number of thioether (sulfide) groups is 1.